The van der Waals surface area contributed by atoms with Gasteiger partial charge >= 0.3 is 0 Å². The molecule has 2 aliphatic rings. The first-order valence-electron chi connectivity index (χ1n) is 10.5. The number of carbonyl (C=O) groups is 1. The van der Waals surface area contributed by atoms with Gasteiger partial charge < -0.3 is 5.32 Å². The van der Waals surface area contributed by atoms with Crippen LogP contribution in [-0.4, -0.2) is 11.9 Å². The maximum absolute atomic E-state index is 12.9. The van der Waals surface area contributed by atoms with Crippen molar-refractivity contribution < 1.29 is 4.79 Å². The number of hydrogen-bond acceptors (Lipinski definition) is 1. The number of rotatable bonds is 3. The van der Waals surface area contributed by atoms with Crippen LogP contribution in [0.1, 0.15) is 67.2 Å². The summed E-state index contributed by atoms with van der Waals surface area (Å²) in [4.78, 5) is 12.9. The fourth-order valence-corrected chi connectivity index (χ4v) is 6.07. The van der Waals surface area contributed by atoms with E-state index >= 15 is 0 Å². The van der Waals surface area contributed by atoms with Crippen molar-refractivity contribution in [1.82, 2.24) is 5.32 Å². The number of nitrogens with one attached hydrogen (secondary N) is 1. The second kappa shape index (κ2) is 7.22. The fraction of sp³-hybridized carbons (Fsp3) is 0.480. The molecule has 28 heavy (non-hydrogen) atoms. The van der Waals surface area contributed by atoms with Crippen molar-refractivity contribution in [2.75, 3.05) is 0 Å². The summed E-state index contributed by atoms with van der Waals surface area (Å²) in [5, 5.41) is 4.18. The van der Waals surface area contributed by atoms with E-state index in [0.29, 0.717) is 5.92 Å². The quantitative estimate of drug-likeness (QED) is 0.663. The molecule has 1 N–H and O–H groups in total. The molecule has 2 aromatic carbocycles. The van der Waals surface area contributed by atoms with Crippen LogP contribution in [0.15, 0.2) is 42.5 Å². The highest BCUT2D eigenvalue weighted by atomic mass is 35.5. The van der Waals surface area contributed by atoms with Gasteiger partial charge in [-0.15, -0.1) is 0 Å². The topological polar surface area (TPSA) is 29.1 Å². The van der Waals surface area contributed by atoms with Gasteiger partial charge in [0.2, 0.25) is 5.91 Å². The van der Waals surface area contributed by atoms with Crippen molar-refractivity contribution in [1.29, 1.82) is 0 Å². The summed E-state index contributed by atoms with van der Waals surface area (Å²) < 4.78 is 0. The Labute approximate surface area is 173 Å². The summed E-state index contributed by atoms with van der Waals surface area (Å²) in [6.07, 6.45) is 2.86. The van der Waals surface area contributed by atoms with Crippen molar-refractivity contribution >= 4 is 17.5 Å². The smallest absolute Gasteiger partial charge is 0.226 e. The highest BCUT2D eigenvalue weighted by molar-refractivity contribution is 6.31. The van der Waals surface area contributed by atoms with Crippen LogP contribution in [0.4, 0.5) is 0 Å². The van der Waals surface area contributed by atoms with Gasteiger partial charge in [-0.05, 0) is 67.7 Å². The average Bonchev–Trinajstić information content (AvgIpc) is 2.93. The van der Waals surface area contributed by atoms with Crippen molar-refractivity contribution in [2.45, 2.75) is 64.8 Å². The van der Waals surface area contributed by atoms with Gasteiger partial charge in [0.25, 0.3) is 0 Å². The molecular weight excluding hydrogens is 366 g/mol. The third-order valence-corrected chi connectivity index (χ3v) is 7.58. The predicted molar refractivity (Wildman–Crippen MR) is 116 cm³/mol. The lowest BCUT2D eigenvalue weighted by atomic mass is 9.55. The second-order valence-electron chi connectivity index (χ2n) is 9.04. The van der Waals surface area contributed by atoms with E-state index in [1.807, 2.05) is 0 Å². The summed E-state index contributed by atoms with van der Waals surface area (Å²) in [6.45, 7) is 8.57. The van der Waals surface area contributed by atoms with Crippen molar-refractivity contribution in [3.8, 4) is 0 Å². The van der Waals surface area contributed by atoms with E-state index in [9.17, 15) is 4.79 Å². The third-order valence-electron chi connectivity index (χ3n) is 7.26. The van der Waals surface area contributed by atoms with Crippen LogP contribution in [0.25, 0.3) is 0 Å². The van der Waals surface area contributed by atoms with Gasteiger partial charge in [0.1, 0.15) is 0 Å². The third kappa shape index (κ3) is 3.06. The Kier molecular flexibility index (Phi) is 5.03. The van der Waals surface area contributed by atoms with Crippen LogP contribution >= 0.6 is 11.6 Å². The Morgan fingerprint density at radius 3 is 2.43 bits per heavy atom. The molecule has 2 aromatic rings. The van der Waals surface area contributed by atoms with E-state index in [4.69, 9.17) is 11.6 Å². The Morgan fingerprint density at radius 1 is 1.11 bits per heavy atom. The largest absolute Gasteiger partial charge is 0.353 e. The highest BCUT2D eigenvalue weighted by Gasteiger charge is 2.58. The van der Waals surface area contributed by atoms with Crippen LogP contribution < -0.4 is 5.32 Å². The number of hydrogen-bond donors (Lipinski definition) is 1. The van der Waals surface area contributed by atoms with E-state index in [2.05, 4.69) is 75.5 Å². The van der Waals surface area contributed by atoms with E-state index in [1.165, 1.54) is 22.3 Å². The fourth-order valence-electron chi connectivity index (χ4n) is 5.70. The molecular formula is C25H30ClNO. The van der Waals surface area contributed by atoms with Crippen molar-refractivity contribution in [3.63, 3.8) is 0 Å². The van der Waals surface area contributed by atoms with Gasteiger partial charge in [0, 0.05) is 17.0 Å². The molecule has 1 heterocycles. The zero-order valence-corrected chi connectivity index (χ0v) is 18.0. The van der Waals surface area contributed by atoms with Crippen LogP contribution in [0.2, 0.25) is 5.02 Å². The highest BCUT2D eigenvalue weighted by Crippen LogP contribution is 2.59. The summed E-state index contributed by atoms with van der Waals surface area (Å²) in [6, 6.07) is 15.6. The van der Waals surface area contributed by atoms with Crippen LogP contribution in [0, 0.1) is 25.2 Å². The minimum Gasteiger partial charge on any atom is -0.353 e. The zero-order chi connectivity index (χ0) is 20.1. The molecule has 1 saturated heterocycles. The molecule has 1 aliphatic heterocycles. The van der Waals surface area contributed by atoms with E-state index in [-0.39, 0.29) is 29.2 Å². The predicted octanol–water partition coefficient (Wildman–Crippen LogP) is 6.15. The number of aryl methyl sites for hydroxylation is 2. The molecule has 5 atom stereocenters. The van der Waals surface area contributed by atoms with Crippen LogP contribution in [0.5, 0.6) is 0 Å². The summed E-state index contributed by atoms with van der Waals surface area (Å²) >= 11 is 6.73. The zero-order valence-electron chi connectivity index (χ0n) is 17.3. The van der Waals surface area contributed by atoms with Gasteiger partial charge in [0.15, 0.2) is 0 Å². The maximum Gasteiger partial charge on any atom is 0.226 e. The molecule has 2 fully saturated rings. The van der Waals surface area contributed by atoms with Crippen LogP contribution in [-0.2, 0) is 4.79 Å². The standard InChI is InChI=1S/C25H30ClNO/c1-5-21-23-22(17-9-6-15(2)7-10-17)19(12-13-25(23,4)24(28)27-21)18-11-8-16(3)14-20(18)26/h6-11,14,19,21-23H,5,12-13H2,1-4H3,(H,27,28). The molecule has 4 rings (SSSR count). The average molecular weight is 396 g/mol. The molecule has 0 spiro atoms. The van der Waals surface area contributed by atoms with Gasteiger partial charge in [-0.3, -0.25) is 4.79 Å². The lowest BCUT2D eigenvalue weighted by Gasteiger charge is -2.46. The van der Waals surface area contributed by atoms with Gasteiger partial charge in [0.05, 0.1) is 5.41 Å². The molecule has 1 saturated carbocycles. The molecule has 0 bridgehead atoms. The lowest BCUT2D eigenvalue weighted by Crippen LogP contribution is -2.42. The number of benzene rings is 2. The maximum atomic E-state index is 12.9. The Balaban J connectivity index is 1.86. The molecule has 0 radical (unpaired) electrons. The van der Waals surface area contributed by atoms with E-state index < -0.39 is 0 Å². The lowest BCUT2D eigenvalue weighted by molar-refractivity contribution is -0.129. The van der Waals surface area contributed by atoms with Crippen molar-refractivity contribution in [2.24, 2.45) is 11.3 Å². The first-order chi connectivity index (χ1) is 13.3. The summed E-state index contributed by atoms with van der Waals surface area (Å²) in [5.41, 5.74) is 4.71. The van der Waals surface area contributed by atoms with Crippen molar-refractivity contribution in [3.05, 3.63) is 69.7 Å². The summed E-state index contributed by atoms with van der Waals surface area (Å²) in [5.74, 6) is 1.12. The normalized spacial score (nSPS) is 32.1. The first-order valence-corrected chi connectivity index (χ1v) is 10.9. The summed E-state index contributed by atoms with van der Waals surface area (Å²) in [7, 11) is 0. The molecule has 1 aliphatic carbocycles. The minimum atomic E-state index is -0.302. The monoisotopic (exact) mass is 395 g/mol. The van der Waals surface area contributed by atoms with E-state index in [1.54, 1.807) is 0 Å². The van der Waals surface area contributed by atoms with Gasteiger partial charge in [-0.2, -0.15) is 0 Å². The number of halogens is 1. The molecule has 148 valence electrons. The van der Waals surface area contributed by atoms with Crippen LogP contribution in [0.3, 0.4) is 0 Å². The molecule has 1 amide bonds. The SMILES string of the molecule is CCC1NC(=O)C2(C)CCC(c3ccc(C)cc3Cl)C(c3ccc(C)cc3)C12. The van der Waals surface area contributed by atoms with Gasteiger partial charge in [-0.1, -0.05) is 67.4 Å². The molecule has 2 nitrogen and oxygen atoms in total. The first kappa shape index (κ1) is 19.5. The second-order valence-corrected chi connectivity index (χ2v) is 9.45. The Morgan fingerprint density at radius 2 is 1.79 bits per heavy atom. The van der Waals surface area contributed by atoms with Gasteiger partial charge in [-0.25, -0.2) is 0 Å². The van der Waals surface area contributed by atoms with E-state index in [0.717, 1.165) is 24.3 Å². The Hall–Kier alpha value is -1.80. The number of carbonyl (C=O) groups excluding carboxylic acids is 1. The molecule has 5 unspecified atom stereocenters. The molecule has 0 aromatic heterocycles. The number of fused-ring (bicyclic) bond motifs is 1. The minimum absolute atomic E-state index is 0.218. The molecule has 3 heteroatoms. The number of amides is 1. The Bertz CT molecular complexity index is 890.